The van der Waals surface area contributed by atoms with Gasteiger partial charge in [0.15, 0.2) is 17.0 Å². The molecule has 7 heteroatoms. The molecule has 1 amide bonds. The van der Waals surface area contributed by atoms with Crippen LogP contribution in [-0.2, 0) is 11.2 Å². The summed E-state index contributed by atoms with van der Waals surface area (Å²) in [5.41, 5.74) is 2.80. The van der Waals surface area contributed by atoms with Crippen molar-refractivity contribution in [3.8, 4) is 23.8 Å². The Labute approximate surface area is 183 Å². The predicted octanol–water partition coefficient (Wildman–Crippen LogP) is 4.63. The largest absolute Gasteiger partial charge is 0.493 e. The second-order valence-corrected chi connectivity index (χ2v) is 8.19. The van der Waals surface area contributed by atoms with Crippen LogP contribution < -0.4 is 20.1 Å². The minimum atomic E-state index is -0.236. The Bertz CT molecular complexity index is 967. The zero-order valence-electron chi connectivity index (χ0n) is 16.1. The van der Waals surface area contributed by atoms with Crippen molar-refractivity contribution in [2.45, 2.75) is 18.8 Å². The van der Waals surface area contributed by atoms with E-state index in [4.69, 9.17) is 15.9 Å². The summed E-state index contributed by atoms with van der Waals surface area (Å²) < 4.78 is 11.7. The zero-order valence-corrected chi connectivity index (χ0v) is 18.5. The highest BCUT2D eigenvalue weighted by Crippen LogP contribution is 2.37. The number of rotatable bonds is 7. The van der Waals surface area contributed by atoms with Crippen LogP contribution in [0.1, 0.15) is 18.1 Å². The van der Waals surface area contributed by atoms with Gasteiger partial charge < -0.3 is 20.1 Å². The Morgan fingerprint density at radius 3 is 2.72 bits per heavy atom. The third-order valence-electron chi connectivity index (χ3n) is 4.27. The van der Waals surface area contributed by atoms with Gasteiger partial charge in [0, 0.05) is 10.2 Å². The molecule has 0 saturated carbocycles. The summed E-state index contributed by atoms with van der Waals surface area (Å²) in [6.45, 7) is 2.27. The number of anilines is 1. The van der Waals surface area contributed by atoms with E-state index in [1.165, 1.54) is 17.3 Å². The van der Waals surface area contributed by atoms with Crippen LogP contribution in [0.2, 0.25) is 0 Å². The number of nitrogens with one attached hydrogen (secondary N) is 2. The lowest BCUT2D eigenvalue weighted by Gasteiger charge is -2.13. The lowest BCUT2D eigenvalue weighted by molar-refractivity contribution is -0.116. The molecule has 0 radical (unpaired) electrons. The molecule has 150 valence electrons. The minimum absolute atomic E-state index is 0.129. The van der Waals surface area contributed by atoms with Gasteiger partial charge in [-0.2, -0.15) is 0 Å². The van der Waals surface area contributed by atoms with Crippen molar-refractivity contribution in [3.63, 3.8) is 0 Å². The lowest BCUT2D eigenvalue weighted by atomic mass is 10.1. The first-order chi connectivity index (χ1) is 14.0. The molecule has 1 fully saturated rings. The molecule has 0 unspecified atom stereocenters. The maximum Gasteiger partial charge on any atom is 0.260 e. The molecular formula is C22H21BrN2O3S. The van der Waals surface area contributed by atoms with E-state index < -0.39 is 0 Å². The number of hydrogen-bond acceptors (Lipinski definition) is 5. The van der Waals surface area contributed by atoms with Crippen molar-refractivity contribution in [2.75, 3.05) is 19.0 Å². The molecule has 2 aromatic rings. The van der Waals surface area contributed by atoms with E-state index >= 15 is 0 Å². The van der Waals surface area contributed by atoms with Crippen molar-refractivity contribution in [2.24, 2.45) is 0 Å². The highest BCUT2D eigenvalue weighted by Gasteiger charge is 2.27. The highest BCUT2D eigenvalue weighted by molar-refractivity contribution is 9.10. The van der Waals surface area contributed by atoms with Gasteiger partial charge in [-0.15, -0.1) is 6.42 Å². The van der Waals surface area contributed by atoms with Crippen LogP contribution in [0, 0.1) is 12.3 Å². The van der Waals surface area contributed by atoms with Crippen LogP contribution in [0.25, 0.3) is 6.08 Å². The summed E-state index contributed by atoms with van der Waals surface area (Å²) >= 11 is 4.95. The predicted molar refractivity (Wildman–Crippen MR) is 122 cm³/mol. The van der Waals surface area contributed by atoms with E-state index in [2.05, 4.69) is 51.5 Å². The molecule has 2 N–H and O–H groups in total. The summed E-state index contributed by atoms with van der Waals surface area (Å²) in [6, 6.07) is 11.8. The number of carbonyl (C=O) groups is 1. The van der Waals surface area contributed by atoms with Gasteiger partial charge in [0.25, 0.3) is 5.91 Å². The molecular weight excluding hydrogens is 452 g/mol. The zero-order chi connectivity index (χ0) is 20.8. The van der Waals surface area contributed by atoms with Gasteiger partial charge in [-0.1, -0.05) is 52.7 Å². The maximum atomic E-state index is 12.4. The fourth-order valence-electron chi connectivity index (χ4n) is 2.75. The maximum absolute atomic E-state index is 12.4. The fourth-order valence-corrected chi connectivity index (χ4v) is 4.16. The second kappa shape index (κ2) is 9.77. The van der Waals surface area contributed by atoms with Crippen molar-refractivity contribution >= 4 is 45.4 Å². The molecule has 0 aromatic heterocycles. The SMILES string of the molecule is C#CCOc1cc(Br)c(/C=C2\S[C@H](Nc3ccc(CC)cc3)NC2=O)cc1OC. The first-order valence-electron chi connectivity index (χ1n) is 9.02. The fraction of sp³-hybridized carbons (Fsp3) is 0.227. The van der Waals surface area contributed by atoms with Crippen LogP contribution >= 0.6 is 27.7 Å². The first kappa shape index (κ1) is 21.2. The Morgan fingerprint density at radius 2 is 2.07 bits per heavy atom. The van der Waals surface area contributed by atoms with Gasteiger partial charge in [0.2, 0.25) is 0 Å². The minimum Gasteiger partial charge on any atom is -0.493 e. The van der Waals surface area contributed by atoms with Gasteiger partial charge in [0.05, 0.1) is 12.0 Å². The van der Waals surface area contributed by atoms with E-state index in [9.17, 15) is 4.79 Å². The molecule has 1 saturated heterocycles. The van der Waals surface area contributed by atoms with Crippen LogP contribution in [-0.4, -0.2) is 25.1 Å². The van der Waals surface area contributed by atoms with Crippen molar-refractivity contribution in [1.29, 1.82) is 0 Å². The van der Waals surface area contributed by atoms with Crippen LogP contribution in [0.15, 0.2) is 45.8 Å². The highest BCUT2D eigenvalue weighted by atomic mass is 79.9. The average Bonchev–Trinajstić information content (AvgIpc) is 3.07. The molecule has 0 bridgehead atoms. The molecule has 5 nitrogen and oxygen atoms in total. The van der Waals surface area contributed by atoms with Crippen molar-refractivity contribution in [3.05, 3.63) is 56.9 Å². The normalized spacial score (nSPS) is 17.0. The van der Waals surface area contributed by atoms with Crippen LogP contribution in [0.3, 0.4) is 0 Å². The number of carbonyl (C=O) groups excluding carboxylic acids is 1. The Hall–Kier alpha value is -2.56. The molecule has 1 heterocycles. The van der Waals surface area contributed by atoms with E-state index in [1.807, 2.05) is 18.2 Å². The van der Waals surface area contributed by atoms with E-state index in [-0.39, 0.29) is 18.0 Å². The number of thioether (sulfide) groups is 1. The number of methoxy groups -OCH3 is 1. The summed E-state index contributed by atoms with van der Waals surface area (Å²) in [7, 11) is 1.56. The second-order valence-electron chi connectivity index (χ2n) is 6.19. The van der Waals surface area contributed by atoms with E-state index in [0.717, 1.165) is 22.1 Å². The van der Waals surface area contributed by atoms with Gasteiger partial charge in [-0.25, -0.2) is 0 Å². The monoisotopic (exact) mass is 472 g/mol. The smallest absolute Gasteiger partial charge is 0.260 e. The van der Waals surface area contributed by atoms with E-state index in [0.29, 0.717) is 16.4 Å². The number of hydrogen-bond donors (Lipinski definition) is 2. The number of halogens is 1. The van der Waals surface area contributed by atoms with Gasteiger partial charge in [-0.05, 0) is 47.9 Å². The van der Waals surface area contributed by atoms with Crippen molar-refractivity contribution in [1.82, 2.24) is 5.32 Å². The van der Waals surface area contributed by atoms with E-state index in [1.54, 1.807) is 19.2 Å². The summed E-state index contributed by atoms with van der Waals surface area (Å²) in [6.07, 6.45) is 8.06. The number of ether oxygens (including phenoxy) is 2. The quantitative estimate of drug-likeness (QED) is 0.454. The topological polar surface area (TPSA) is 59.6 Å². The summed E-state index contributed by atoms with van der Waals surface area (Å²) in [5, 5.41) is 6.26. The standard InChI is InChI=1S/C22H21BrN2O3S/c1-4-10-28-19-13-17(23)15(11-18(19)27-3)12-20-21(26)25-22(29-20)24-16-8-6-14(5-2)7-9-16/h1,6-9,11-13,22,24H,5,10H2,2-3H3,(H,25,26)/b20-12-/t22-/m1/s1. The molecule has 1 atom stereocenters. The third-order valence-corrected chi connectivity index (χ3v) is 5.99. The van der Waals surface area contributed by atoms with Gasteiger partial charge >= 0.3 is 0 Å². The molecule has 29 heavy (non-hydrogen) atoms. The van der Waals surface area contributed by atoms with Gasteiger partial charge in [0.1, 0.15) is 6.61 Å². The van der Waals surface area contributed by atoms with Crippen LogP contribution in [0.4, 0.5) is 5.69 Å². The van der Waals surface area contributed by atoms with Crippen LogP contribution in [0.5, 0.6) is 11.5 Å². The first-order valence-corrected chi connectivity index (χ1v) is 10.7. The molecule has 1 aliphatic rings. The third kappa shape index (κ3) is 5.28. The van der Waals surface area contributed by atoms with Crippen molar-refractivity contribution < 1.29 is 14.3 Å². The van der Waals surface area contributed by atoms with Gasteiger partial charge in [-0.3, -0.25) is 4.79 Å². The number of benzene rings is 2. The Balaban J connectivity index is 1.76. The molecule has 0 aliphatic carbocycles. The number of amides is 1. The Kier molecular flexibility index (Phi) is 7.13. The molecule has 0 spiro atoms. The Morgan fingerprint density at radius 1 is 1.31 bits per heavy atom. The summed E-state index contributed by atoms with van der Waals surface area (Å²) in [5.74, 6) is 3.39. The summed E-state index contributed by atoms with van der Waals surface area (Å²) in [4.78, 5) is 13.0. The molecule has 1 aliphatic heterocycles. The molecule has 2 aromatic carbocycles. The average molecular weight is 473 g/mol. The number of aryl methyl sites for hydroxylation is 1. The lowest BCUT2D eigenvalue weighted by Crippen LogP contribution is -2.30. The molecule has 3 rings (SSSR count). The number of terminal acetylenes is 1.